The van der Waals surface area contributed by atoms with Gasteiger partial charge in [-0.15, -0.1) is 0 Å². The monoisotopic (exact) mass is 608 g/mol. The highest BCUT2D eigenvalue weighted by atomic mass is 19.1. The van der Waals surface area contributed by atoms with Crippen molar-refractivity contribution >= 4 is 28.6 Å². The molecular formula is C36H41FN6O2. The maximum atomic E-state index is 15.8. The molecule has 7 rings (SSSR count). The topological polar surface area (TPSA) is 83.4 Å². The van der Waals surface area contributed by atoms with Crippen molar-refractivity contribution in [1.29, 1.82) is 0 Å². The third kappa shape index (κ3) is 5.98. The van der Waals surface area contributed by atoms with Gasteiger partial charge in [0.1, 0.15) is 11.5 Å². The number of hydrogen-bond acceptors (Lipinski definition) is 6. The summed E-state index contributed by atoms with van der Waals surface area (Å²) in [5, 5.41) is 4.03. The van der Waals surface area contributed by atoms with E-state index < -0.39 is 5.82 Å². The zero-order chi connectivity index (χ0) is 31.1. The van der Waals surface area contributed by atoms with E-state index in [4.69, 9.17) is 4.98 Å². The Labute approximate surface area is 263 Å². The van der Waals surface area contributed by atoms with E-state index in [2.05, 4.69) is 46.5 Å². The first-order chi connectivity index (χ1) is 21.8. The van der Waals surface area contributed by atoms with Crippen LogP contribution < -0.4 is 10.9 Å². The summed E-state index contributed by atoms with van der Waals surface area (Å²) in [6, 6.07) is 15.4. The Morgan fingerprint density at radius 2 is 1.64 bits per heavy atom. The Morgan fingerprint density at radius 3 is 2.36 bits per heavy atom. The summed E-state index contributed by atoms with van der Waals surface area (Å²) in [7, 11) is 2.16. The van der Waals surface area contributed by atoms with Crippen LogP contribution >= 0.6 is 0 Å². The molecule has 45 heavy (non-hydrogen) atoms. The summed E-state index contributed by atoms with van der Waals surface area (Å²) in [4.78, 5) is 39.7. The van der Waals surface area contributed by atoms with Crippen molar-refractivity contribution in [2.75, 3.05) is 38.5 Å². The van der Waals surface area contributed by atoms with Gasteiger partial charge in [-0.25, -0.2) is 9.37 Å². The number of pyridine rings is 1. The molecule has 4 aromatic rings. The molecule has 3 aliphatic rings. The summed E-state index contributed by atoms with van der Waals surface area (Å²) in [6.45, 7) is 5.12. The number of rotatable bonds is 6. The number of benzene rings is 2. The summed E-state index contributed by atoms with van der Waals surface area (Å²) < 4.78 is 17.6. The van der Waals surface area contributed by atoms with Crippen molar-refractivity contribution in [3.63, 3.8) is 0 Å². The second-order valence-corrected chi connectivity index (χ2v) is 13.2. The molecule has 1 amide bonds. The molecule has 1 N–H and O–H groups in total. The summed E-state index contributed by atoms with van der Waals surface area (Å²) in [5.74, 6) is 0.692. The lowest BCUT2D eigenvalue weighted by molar-refractivity contribution is -0.130. The average Bonchev–Trinajstić information content (AvgIpc) is 3.74. The summed E-state index contributed by atoms with van der Waals surface area (Å²) in [6.07, 6.45) is 8.57. The molecule has 2 atom stereocenters. The van der Waals surface area contributed by atoms with E-state index in [1.807, 2.05) is 11.0 Å². The lowest BCUT2D eigenvalue weighted by Gasteiger charge is -2.32. The lowest BCUT2D eigenvalue weighted by atomic mass is 9.89. The largest absolute Gasteiger partial charge is 0.342 e. The summed E-state index contributed by atoms with van der Waals surface area (Å²) >= 11 is 0. The van der Waals surface area contributed by atoms with E-state index >= 15 is 4.39 Å². The third-order valence-electron chi connectivity index (χ3n) is 10.1. The number of likely N-dealkylation sites (N-methyl/N-ethyl adjacent to an activating group) is 1. The third-order valence-corrected chi connectivity index (χ3v) is 10.1. The highest BCUT2D eigenvalue weighted by Gasteiger charge is 2.27. The van der Waals surface area contributed by atoms with E-state index in [1.165, 1.54) is 12.0 Å². The Morgan fingerprint density at radius 1 is 0.889 bits per heavy atom. The second kappa shape index (κ2) is 12.4. The normalized spacial score (nSPS) is 21.1. The van der Waals surface area contributed by atoms with Crippen LogP contribution in [-0.4, -0.2) is 63.5 Å². The predicted molar refractivity (Wildman–Crippen MR) is 176 cm³/mol. The molecule has 0 radical (unpaired) electrons. The minimum atomic E-state index is -0.422. The number of piperidine rings is 1. The zero-order valence-corrected chi connectivity index (χ0v) is 26.1. The smallest absolute Gasteiger partial charge is 0.260 e. The molecule has 8 nitrogen and oxygen atoms in total. The molecule has 1 aliphatic carbocycles. The molecule has 234 valence electrons. The molecule has 3 fully saturated rings. The van der Waals surface area contributed by atoms with Crippen LogP contribution in [0.1, 0.15) is 80.9 Å². The highest BCUT2D eigenvalue weighted by Crippen LogP contribution is 2.34. The number of carbonyl (C=O) groups is 1. The first-order valence-electron chi connectivity index (χ1n) is 16.4. The molecule has 0 bridgehead atoms. The number of anilines is 2. The standard InChI is InChI=1S/C36H41FN6O2/c1-23(44)42-16-5-6-26(22-42)25-11-14-31(33(37)19-25)32-18-28-20-38-36(40-34(28)43(35(32)45)30-7-3-4-8-30)39-29-12-9-24(10-13-29)27-15-17-41(2)21-27/h9-14,18-20,26-27,30H,3-8,15-17,21-22H2,1-2H3,(H,38,39,40). The second-order valence-electron chi connectivity index (χ2n) is 13.2. The Balaban J connectivity index is 1.20. The molecular weight excluding hydrogens is 567 g/mol. The van der Waals surface area contributed by atoms with Crippen molar-refractivity contribution in [2.24, 2.45) is 0 Å². The van der Waals surface area contributed by atoms with Crippen LogP contribution in [0.3, 0.4) is 0 Å². The first-order valence-corrected chi connectivity index (χ1v) is 16.4. The summed E-state index contributed by atoms with van der Waals surface area (Å²) in [5.41, 5.74) is 4.05. The van der Waals surface area contributed by atoms with Crippen molar-refractivity contribution in [3.05, 3.63) is 82.0 Å². The molecule has 1 saturated carbocycles. The van der Waals surface area contributed by atoms with Crippen LogP contribution in [0, 0.1) is 5.82 Å². The fourth-order valence-corrected chi connectivity index (χ4v) is 7.59. The fraction of sp³-hybridized carbons (Fsp3) is 0.444. The van der Waals surface area contributed by atoms with Gasteiger partial charge in [0.05, 0.1) is 5.56 Å². The van der Waals surface area contributed by atoms with Crippen LogP contribution in [0.5, 0.6) is 0 Å². The minimum Gasteiger partial charge on any atom is -0.342 e. The van der Waals surface area contributed by atoms with E-state index in [0.29, 0.717) is 35.0 Å². The number of fused-ring (bicyclic) bond motifs is 1. The quantitative estimate of drug-likeness (QED) is 0.266. The van der Waals surface area contributed by atoms with Gasteiger partial charge in [0.2, 0.25) is 11.9 Å². The minimum absolute atomic E-state index is 0.00802. The van der Waals surface area contributed by atoms with Crippen molar-refractivity contribution in [1.82, 2.24) is 24.3 Å². The molecule has 0 spiro atoms. The van der Waals surface area contributed by atoms with Gasteiger partial charge in [-0.2, -0.15) is 4.98 Å². The molecule has 2 saturated heterocycles. The Bertz CT molecular complexity index is 1780. The van der Waals surface area contributed by atoms with E-state index in [9.17, 15) is 9.59 Å². The SMILES string of the molecule is CC(=O)N1CCCC(c2ccc(-c3cc4cnc(Nc5ccc(C6CCN(C)C6)cc5)nc4n(C4CCCC4)c3=O)c(F)c2)C1. The van der Waals surface area contributed by atoms with Crippen LogP contribution in [0.2, 0.25) is 0 Å². The van der Waals surface area contributed by atoms with Gasteiger partial charge in [0.15, 0.2) is 0 Å². The number of hydrogen-bond donors (Lipinski definition) is 1. The van der Waals surface area contributed by atoms with Gasteiger partial charge in [-0.1, -0.05) is 37.1 Å². The number of carbonyl (C=O) groups excluding carboxylic acids is 1. The molecule has 4 heterocycles. The van der Waals surface area contributed by atoms with Gasteiger partial charge < -0.3 is 15.1 Å². The van der Waals surface area contributed by atoms with Crippen molar-refractivity contribution in [2.45, 2.75) is 69.7 Å². The maximum absolute atomic E-state index is 15.8. The Kier molecular flexibility index (Phi) is 8.12. The van der Waals surface area contributed by atoms with Gasteiger partial charge in [-0.3, -0.25) is 14.2 Å². The Hall–Kier alpha value is -4.11. The van der Waals surface area contributed by atoms with Crippen LogP contribution in [0.4, 0.5) is 16.0 Å². The van der Waals surface area contributed by atoms with Gasteiger partial charge in [0, 0.05) is 61.4 Å². The van der Waals surface area contributed by atoms with E-state index in [-0.39, 0.29) is 29.0 Å². The lowest BCUT2D eigenvalue weighted by Crippen LogP contribution is -2.37. The first kappa shape index (κ1) is 29.6. The van der Waals surface area contributed by atoms with Crippen LogP contribution in [-0.2, 0) is 4.79 Å². The maximum Gasteiger partial charge on any atom is 0.260 e. The number of amides is 1. The van der Waals surface area contributed by atoms with Crippen molar-refractivity contribution in [3.8, 4) is 11.1 Å². The number of likely N-dealkylation sites (tertiary alicyclic amines) is 2. The number of nitrogens with one attached hydrogen (secondary N) is 1. The molecule has 9 heteroatoms. The van der Waals surface area contributed by atoms with Gasteiger partial charge >= 0.3 is 0 Å². The molecule has 2 aromatic carbocycles. The molecule has 2 aromatic heterocycles. The average molecular weight is 609 g/mol. The number of aromatic nitrogens is 3. The molecule has 2 unspecified atom stereocenters. The van der Waals surface area contributed by atoms with Crippen molar-refractivity contribution < 1.29 is 9.18 Å². The number of nitrogens with zero attached hydrogens (tertiary/aromatic N) is 5. The van der Waals surface area contributed by atoms with Crippen LogP contribution in [0.15, 0.2) is 59.5 Å². The zero-order valence-electron chi connectivity index (χ0n) is 26.1. The fourth-order valence-electron chi connectivity index (χ4n) is 7.59. The molecule has 2 aliphatic heterocycles. The van der Waals surface area contributed by atoms with E-state index in [0.717, 1.165) is 69.4 Å². The van der Waals surface area contributed by atoms with Crippen LogP contribution in [0.25, 0.3) is 22.2 Å². The van der Waals surface area contributed by atoms with Gasteiger partial charge in [-0.05, 0) is 87.0 Å². The van der Waals surface area contributed by atoms with Gasteiger partial charge in [0.25, 0.3) is 5.56 Å². The van der Waals surface area contributed by atoms with E-state index in [1.54, 1.807) is 35.9 Å². The number of halogens is 1. The highest BCUT2D eigenvalue weighted by molar-refractivity contribution is 5.82. The predicted octanol–water partition coefficient (Wildman–Crippen LogP) is 6.60.